The number of halogens is 1. The van der Waals surface area contributed by atoms with Crippen molar-refractivity contribution in [3.05, 3.63) is 48.2 Å². The standard InChI is InChI=1S/C24H26FN4S/c25-19-11-9-18(10-12-19)21-23(30-24(28-21)29-13-5-2-6-14-29)22-20(15-26-16-27-22)17-7-3-1-4-8-17/h9-12,15,17H,1-8,13-14H2. The van der Waals surface area contributed by atoms with Gasteiger partial charge >= 0.3 is 0 Å². The molecule has 0 atom stereocenters. The van der Waals surface area contributed by atoms with Crippen molar-refractivity contribution in [2.45, 2.75) is 57.3 Å². The number of anilines is 1. The van der Waals surface area contributed by atoms with Crippen LogP contribution in [0, 0.1) is 12.1 Å². The molecule has 30 heavy (non-hydrogen) atoms. The first-order valence-corrected chi connectivity index (χ1v) is 11.9. The van der Waals surface area contributed by atoms with E-state index in [1.165, 1.54) is 69.1 Å². The van der Waals surface area contributed by atoms with Gasteiger partial charge in [-0.1, -0.05) is 30.6 Å². The number of nitrogens with zero attached hydrogens (tertiary/aromatic N) is 4. The van der Waals surface area contributed by atoms with Crippen molar-refractivity contribution < 1.29 is 4.39 Å². The zero-order valence-corrected chi connectivity index (χ0v) is 17.9. The third-order valence-corrected chi connectivity index (χ3v) is 7.44. The molecule has 1 saturated heterocycles. The third kappa shape index (κ3) is 3.97. The normalized spacial score (nSPS) is 18.0. The number of hydrogen-bond donors (Lipinski definition) is 0. The summed E-state index contributed by atoms with van der Waals surface area (Å²) < 4.78 is 13.6. The summed E-state index contributed by atoms with van der Waals surface area (Å²) in [6, 6.07) is 6.65. The van der Waals surface area contributed by atoms with Gasteiger partial charge in [0.25, 0.3) is 0 Å². The molecule has 2 fully saturated rings. The highest BCUT2D eigenvalue weighted by Gasteiger charge is 2.26. The van der Waals surface area contributed by atoms with Crippen molar-refractivity contribution in [3.63, 3.8) is 0 Å². The van der Waals surface area contributed by atoms with Gasteiger partial charge in [0.1, 0.15) is 5.82 Å². The van der Waals surface area contributed by atoms with Crippen LogP contribution in [0.5, 0.6) is 0 Å². The topological polar surface area (TPSA) is 41.9 Å². The monoisotopic (exact) mass is 421 g/mol. The van der Waals surface area contributed by atoms with E-state index in [-0.39, 0.29) is 5.82 Å². The number of rotatable bonds is 4. The van der Waals surface area contributed by atoms with Crippen LogP contribution in [-0.4, -0.2) is 28.0 Å². The van der Waals surface area contributed by atoms with E-state index in [4.69, 9.17) is 4.98 Å². The van der Waals surface area contributed by atoms with Crippen molar-refractivity contribution in [2.24, 2.45) is 0 Å². The number of aromatic nitrogens is 3. The van der Waals surface area contributed by atoms with E-state index >= 15 is 0 Å². The molecule has 0 N–H and O–H groups in total. The first kappa shape index (κ1) is 19.6. The Kier molecular flexibility index (Phi) is 5.75. The average molecular weight is 422 g/mol. The van der Waals surface area contributed by atoms with Gasteiger partial charge in [0.15, 0.2) is 11.5 Å². The van der Waals surface area contributed by atoms with Gasteiger partial charge in [-0.3, -0.25) is 0 Å². The van der Waals surface area contributed by atoms with Gasteiger partial charge in [-0.25, -0.2) is 19.3 Å². The predicted molar refractivity (Wildman–Crippen MR) is 119 cm³/mol. The van der Waals surface area contributed by atoms with Crippen LogP contribution in [0.1, 0.15) is 62.8 Å². The predicted octanol–water partition coefficient (Wildman–Crippen LogP) is 6.24. The largest absolute Gasteiger partial charge is 0.348 e. The Labute approximate surface area is 181 Å². The number of hydrogen-bond acceptors (Lipinski definition) is 5. The molecule has 1 radical (unpaired) electrons. The minimum Gasteiger partial charge on any atom is -0.348 e. The highest BCUT2D eigenvalue weighted by Crippen LogP contribution is 2.44. The van der Waals surface area contributed by atoms with Crippen molar-refractivity contribution in [3.8, 4) is 21.8 Å². The summed E-state index contributed by atoms with van der Waals surface area (Å²) >= 11 is 1.71. The van der Waals surface area contributed by atoms with E-state index in [9.17, 15) is 4.39 Å². The van der Waals surface area contributed by atoms with Gasteiger partial charge in [0, 0.05) is 30.4 Å². The van der Waals surface area contributed by atoms with Crippen LogP contribution in [0.15, 0.2) is 30.5 Å². The molecule has 1 aliphatic carbocycles. The van der Waals surface area contributed by atoms with Crippen LogP contribution in [-0.2, 0) is 0 Å². The summed E-state index contributed by atoms with van der Waals surface area (Å²) in [6.07, 6.45) is 14.7. The zero-order valence-electron chi connectivity index (χ0n) is 17.1. The number of benzene rings is 1. The Morgan fingerprint density at radius 1 is 0.933 bits per heavy atom. The fourth-order valence-electron chi connectivity index (χ4n) is 4.69. The van der Waals surface area contributed by atoms with E-state index < -0.39 is 0 Å². The molecule has 5 rings (SSSR count). The van der Waals surface area contributed by atoms with Gasteiger partial charge < -0.3 is 4.90 Å². The Morgan fingerprint density at radius 2 is 1.67 bits per heavy atom. The first-order chi connectivity index (χ1) is 14.8. The molecule has 1 saturated carbocycles. The van der Waals surface area contributed by atoms with E-state index in [0.29, 0.717) is 5.92 Å². The first-order valence-electron chi connectivity index (χ1n) is 11.0. The highest BCUT2D eigenvalue weighted by atomic mass is 32.1. The summed E-state index contributed by atoms with van der Waals surface area (Å²) in [5.41, 5.74) is 3.99. The van der Waals surface area contributed by atoms with Gasteiger partial charge in [0.05, 0.1) is 16.3 Å². The lowest BCUT2D eigenvalue weighted by molar-refractivity contribution is 0.443. The second kappa shape index (κ2) is 8.80. The SMILES string of the molecule is Fc1ccc(-c2nc(N3CCCCC3)sc2-c2n[c]ncc2C2CCCCC2)cc1. The second-order valence-electron chi connectivity index (χ2n) is 8.34. The van der Waals surface area contributed by atoms with Crippen LogP contribution >= 0.6 is 11.3 Å². The summed E-state index contributed by atoms with van der Waals surface area (Å²) in [7, 11) is 0. The maximum atomic E-state index is 13.6. The lowest BCUT2D eigenvalue weighted by atomic mass is 9.83. The Morgan fingerprint density at radius 3 is 2.43 bits per heavy atom. The second-order valence-corrected chi connectivity index (χ2v) is 9.32. The highest BCUT2D eigenvalue weighted by molar-refractivity contribution is 7.19. The van der Waals surface area contributed by atoms with Crippen molar-refractivity contribution in [2.75, 3.05) is 18.0 Å². The molecule has 4 nitrogen and oxygen atoms in total. The molecular weight excluding hydrogens is 395 g/mol. The minimum atomic E-state index is -0.231. The van der Waals surface area contributed by atoms with Crippen molar-refractivity contribution >= 4 is 16.5 Å². The summed E-state index contributed by atoms with van der Waals surface area (Å²) in [4.78, 5) is 17.4. The summed E-state index contributed by atoms with van der Waals surface area (Å²) in [5.74, 6) is 0.259. The Hall–Kier alpha value is -2.34. The molecule has 0 spiro atoms. The fraction of sp³-hybridized carbons (Fsp3) is 0.458. The molecule has 1 aliphatic heterocycles. The molecular formula is C24H26FN4S. The molecule has 155 valence electrons. The van der Waals surface area contributed by atoms with Crippen LogP contribution in [0.3, 0.4) is 0 Å². The molecule has 3 aromatic rings. The molecule has 0 unspecified atom stereocenters. The molecule has 2 aliphatic rings. The van der Waals surface area contributed by atoms with E-state index in [1.807, 2.05) is 18.3 Å². The maximum absolute atomic E-state index is 13.6. The van der Waals surface area contributed by atoms with Gasteiger partial charge in [-0.15, -0.1) is 0 Å². The number of thiazole rings is 1. The molecule has 6 heteroatoms. The zero-order chi connectivity index (χ0) is 20.3. The van der Waals surface area contributed by atoms with Gasteiger partial charge in [-0.05, 0) is 62.3 Å². The fourth-order valence-corrected chi connectivity index (χ4v) is 5.84. The van der Waals surface area contributed by atoms with E-state index in [1.54, 1.807) is 11.3 Å². The lowest BCUT2D eigenvalue weighted by Gasteiger charge is -2.25. The maximum Gasteiger partial charge on any atom is 0.198 e. The average Bonchev–Trinajstić information content (AvgIpc) is 3.26. The van der Waals surface area contributed by atoms with Crippen molar-refractivity contribution in [1.82, 2.24) is 15.0 Å². The van der Waals surface area contributed by atoms with E-state index in [0.717, 1.165) is 40.0 Å². The van der Waals surface area contributed by atoms with Crippen LogP contribution in [0.4, 0.5) is 9.52 Å². The molecule has 2 aromatic heterocycles. The van der Waals surface area contributed by atoms with Crippen LogP contribution in [0.25, 0.3) is 21.8 Å². The molecule has 1 aromatic carbocycles. The minimum absolute atomic E-state index is 0.231. The molecule has 0 amide bonds. The third-order valence-electron chi connectivity index (χ3n) is 6.32. The van der Waals surface area contributed by atoms with Crippen molar-refractivity contribution in [1.29, 1.82) is 0 Å². The Balaban J connectivity index is 1.61. The Bertz CT molecular complexity index is 989. The van der Waals surface area contributed by atoms with E-state index in [2.05, 4.69) is 21.2 Å². The van der Waals surface area contributed by atoms with Gasteiger partial charge in [-0.2, -0.15) is 0 Å². The lowest BCUT2D eigenvalue weighted by Crippen LogP contribution is -2.29. The van der Waals surface area contributed by atoms with Crippen LogP contribution < -0.4 is 4.90 Å². The smallest absolute Gasteiger partial charge is 0.198 e. The quantitative estimate of drug-likeness (QED) is 0.500. The summed E-state index contributed by atoms with van der Waals surface area (Å²) in [6.45, 7) is 2.09. The molecule has 0 bridgehead atoms. The van der Waals surface area contributed by atoms with Crippen LogP contribution in [0.2, 0.25) is 0 Å². The van der Waals surface area contributed by atoms with Gasteiger partial charge in [0.2, 0.25) is 0 Å². The molecule has 3 heterocycles. The number of piperidine rings is 1. The summed E-state index contributed by atoms with van der Waals surface area (Å²) in [5, 5.41) is 1.04.